The zero-order chi connectivity index (χ0) is 24.4. The third-order valence-corrected chi connectivity index (χ3v) is 6.16. The number of carbonyl (C=O) groups is 2. The first-order valence-corrected chi connectivity index (χ1v) is 13.8. The van der Waals surface area contributed by atoms with Gasteiger partial charge in [-0.05, 0) is 32.1 Å². The molecule has 4 nitrogen and oxygen atoms in total. The van der Waals surface area contributed by atoms with Crippen molar-refractivity contribution >= 4 is 11.9 Å². The predicted molar refractivity (Wildman–Crippen MR) is 139 cm³/mol. The van der Waals surface area contributed by atoms with Gasteiger partial charge in [-0.3, -0.25) is 9.59 Å². The van der Waals surface area contributed by atoms with Crippen molar-refractivity contribution in [3.05, 3.63) is 24.8 Å². The maximum Gasteiger partial charge on any atom is 0.309 e. The molecule has 0 saturated heterocycles. The second-order valence-corrected chi connectivity index (χ2v) is 9.35. The van der Waals surface area contributed by atoms with Crippen LogP contribution in [0.5, 0.6) is 0 Å². The van der Waals surface area contributed by atoms with E-state index in [0.29, 0.717) is 6.42 Å². The average molecular weight is 465 g/mol. The van der Waals surface area contributed by atoms with E-state index in [1.807, 2.05) is 0 Å². The summed E-state index contributed by atoms with van der Waals surface area (Å²) < 4.78 is 5.01. The molecule has 0 bridgehead atoms. The monoisotopic (exact) mass is 464 g/mol. The SMILES string of the molecule is C=CCOC(=O)C(CCC/C=C/CCCCCCCCCCCCCCCCC)CC(=O)O. The van der Waals surface area contributed by atoms with Gasteiger partial charge < -0.3 is 9.84 Å². The molecule has 1 N–H and O–H groups in total. The van der Waals surface area contributed by atoms with Crippen molar-refractivity contribution in [2.45, 2.75) is 135 Å². The molecule has 0 amide bonds. The summed E-state index contributed by atoms with van der Waals surface area (Å²) in [5.74, 6) is -1.95. The van der Waals surface area contributed by atoms with Gasteiger partial charge in [-0.15, -0.1) is 0 Å². The van der Waals surface area contributed by atoms with Crippen LogP contribution in [0.4, 0.5) is 0 Å². The fraction of sp³-hybridized carbons (Fsp3) is 0.793. The number of esters is 1. The molecule has 4 heteroatoms. The lowest BCUT2D eigenvalue weighted by Crippen LogP contribution is -2.21. The van der Waals surface area contributed by atoms with Crippen LogP contribution in [0.15, 0.2) is 24.8 Å². The zero-order valence-electron chi connectivity index (χ0n) is 21.5. The quantitative estimate of drug-likeness (QED) is 0.0832. The largest absolute Gasteiger partial charge is 0.481 e. The first kappa shape index (κ1) is 31.4. The molecule has 0 saturated carbocycles. The molecule has 0 aromatic carbocycles. The lowest BCUT2D eigenvalue weighted by molar-refractivity contribution is -0.152. The summed E-state index contributed by atoms with van der Waals surface area (Å²) in [4.78, 5) is 22.9. The summed E-state index contributed by atoms with van der Waals surface area (Å²) in [6, 6.07) is 0. The van der Waals surface area contributed by atoms with Crippen molar-refractivity contribution in [3.63, 3.8) is 0 Å². The summed E-state index contributed by atoms with van der Waals surface area (Å²) in [5.41, 5.74) is 0. The molecule has 0 rings (SSSR count). The summed E-state index contributed by atoms with van der Waals surface area (Å²) >= 11 is 0. The third kappa shape index (κ3) is 23.4. The van der Waals surface area contributed by atoms with Crippen LogP contribution < -0.4 is 0 Å². The van der Waals surface area contributed by atoms with Crippen LogP contribution in [0.3, 0.4) is 0 Å². The Hall–Kier alpha value is -1.58. The lowest BCUT2D eigenvalue weighted by Gasteiger charge is -2.12. The number of aliphatic carboxylic acids is 1. The number of carbonyl (C=O) groups excluding carboxylic acids is 1. The minimum atomic E-state index is -0.959. The molecule has 0 aliphatic heterocycles. The first-order chi connectivity index (χ1) is 16.1. The van der Waals surface area contributed by atoms with E-state index in [1.54, 1.807) is 0 Å². The van der Waals surface area contributed by atoms with E-state index in [-0.39, 0.29) is 13.0 Å². The minimum absolute atomic E-state index is 0.133. The molecule has 1 unspecified atom stereocenters. The number of carboxylic acid groups (broad SMARTS) is 1. The lowest BCUT2D eigenvalue weighted by atomic mass is 9.98. The van der Waals surface area contributed by atoms with E-state index >= 15 is 0 Å². The number of carboxylic acids is 1. The van der Waals surface area contributed by atoms with Gasteiger partial charge in [0.1, 0.15) is 6.61 Å². The second kappa shape index (κ2) is 25.1. The zero-order valence-corrected chi connectivity index (χ0v) is 21.5. The van der Waals surface area contributed by atoms with Crippen LogP contribution in [0.1, 0.15) is 135 Å². The number of rotatable bonds is 25. The van der Waals surface area contributed by atoms with Crippen LogP contribution in [-0.4, -0.2) is 23.7 Å². The van der Waals surface area contributed by atoms with Crippen molar-refractivity contribution < 1.29 is 19.4 Å². The molecule has 192 valence electrons. The van der Waals surface area contributed by atoms with Crippen LogP contribution in [0, 0.1) is 5.92 Å². The Morgan fingerprint density at radius 3 is 1.67 bits per heavy atom. The van der Waals surface area contributed by atoms with E-state index in [0.717, 1.165) is 19.3 Å². The standard InChI is InChI=1S/C29H52O4/c1-3-5-6-7-8-9-10-11-12-13-14-15-16-17-18-19-20-21-22-23-24-27(26-28(30)31)29(32)33-25-4-2/h4,20-21,27H,2-3,5-19,22-26H2,1H3,(H,30,31)/b21-20+. The van der Waals surface area contributed by atoms with Crippen LogP contribution >= 0.6 is 0 Å². The van der Waals surface area contributed by atoms with E-state index in [1.165, 1.54) is 102 Å². The molecule has 0 aliphatic rings. The van der Waals surface area contributed by atoms with Crippen molar-refractivity contribution in [2.75, 3.05) is 6.61 Å². The number of hydrogen-bond acceptors (Lipinski definition) is 3. The van der Waals surface area contributed by atoms with Gasteiger partial charge in [0.05, 0.1) is 12.3 Å². The maximum atomic E-state index is 11.9. The summed E-state index contributed by atoms with van der Waals surface area (Å²) in [5, 5.41) is 8.98. The fourth-order valence-electron chi connectivity index (χ4n) is 4.12. The van der Waals surface area contributed by atoms with Crippen molar-refractivity contribution in [1.82, 2.24) is 0 Å². The number of allylic oxidation sites excluding steroid dienone is 2. The Bertz CT molecular complexity index is 498. The van der Waals surface area contributed by atoms with Gasteiger partial charge in [-0.25, -0.2) is 0 Å². The molecule has 0 aromatic rings. The summed E-state index contributed by atoms with van der Waals surface area (Å²) in [6.45, 7) is 5.92. The molecular formula is C29H52O4. The van der Waals surface area contributed by atoms with Gasteiger partial charge in [0.2, 0.25) is 0 Å². The highest BCUT2D eigenvalue weighted by Gasteiger charge is 2.22. The highest BCUT2D eigenvalue weighted by molar-refractivity contribution is 5.79. The molecule has 0 heterocycles. The Morgan fingerprint density at radius 1 is 0.758 bits per heavy atom. The van der Waals surface area contributed by atoms with E-state index in [2.05, 4.69) is 25.7 Å². The average Bonchev–Trinajstić information content (AvgIpc) is 2.80. The Labute approximate surface area is 204 Å². The van der Waals surface area contributed by atoms with Gasteiger partial charge in [0.15, 0.2) is 0 Å². The maximum absolute atomic E-state index is 11.9. The van der Waals surface area contributed by atoms with E-state index < -0.39 is 17.9 Å². The molecule has 0 aliphatic carbocycles. The molecule has 0 spiro atoms. The van der Waals surface area contributed by atoms with Gasteiger partial charge in [-0.2, -0.15) is 0 Å². The molecular weight excluding hydrogens is 412 g/mol. The van der Waals surface area contributed by atoms with Crippen molar-refractivity contribution in [2.24, 2.45) is 5.92 Å². The summed E-state index contributed by atoms with van der Waals surface area (Å²) in [6.07, 6.45) is 29.8. The van der Waals surface area contributed by atoms with Crippen LogP contribution in [0.25, 0.3) is 0 Å². The molecule has 33 heavy (non-hydrogen) atoms. The number of ether oxygens (including phenoxy) is 1. The Kier molecular flexibility index (Phi) is 23.9. The molecule has 1 atom stereocenters. The minimum Gasteiger partial charge on any atom is -0.481 e. The second-order valence-electron chi connectivity index (χ2n) is 9.35. The fourth-order valence-corrected chi connectivity index (χ4v) is 4.12. The Balaban J connectivity index is 3.49. The van der Waals surface area contributed by atoms with Gasteiger partial charge >= 0.3 is 11.9 Å². The van der Waals surface area contributed by atoms with E-state index in [9.17, 15) is 9.59 Å². The van der Waals surface area contributed by atoms with Crippen LogP contribution in [-0.2, 0) is 14.3 Å². The molecule has 0 aromatic heterocycles. The first-order valence-electron chi connectivity index (χ1n) is 13.8. The van der Waals surface area contributed by atoms with Gasteiger partial charge in [0, 0.05) is 0 Å². The van der Waals surface area contributed by atoms with Gasteiger partial charge in [-0.1, -0.05) is 122 Å². The summed E-state index contributed by atoms with van der Waals surface area (Å²) in [7, 11) is 0. The van der Waals surface area contributed by atoms with Crippen molar-refractivity contribution in [3.8, 4) is 0 Å². The van der Waals surface area contributed by atoms with E-state index in [4.69, 9.17) is 9.84 Å². The highest BCUT2D eigenvalue weighted by atomic mass is 16.5. The topological polar surface area (TPSA) is 63.6 Å². The number of hydrogen-bond donors (Lipinski definition) is 1. The predicted octanol–water partition coefficient (Wildman–Crippen LogP) is 8.79. The van der Waals surface area contributed by atoms with Crippen LogP contribution in [0.2, 0.25) is 0 Å². The van der Waals surface area contributed by atoms with Crippen molar-refractivity contribution in [1.29, 1.82) is 0 Å². The normalized spacial score (nSPS) is 12.2. The highest BCUT2D eigenvalue weighted by Crippen LogP contribution is 2.16. The number of unbranched alkanes of at least 4 members (excludes halogenated alkanes) is 16. The van der Waals surface area contributed by atoms with Gasteiger partial charge in [0.25, 0.3) is 0 Å². The smallest absolute Gasteiger partial charge is 0.309 e. The molecule has 0 radical (unpaired) electrons. The molecule has 0 fully saturated rings. The Morgan fingerprint density at radius 2 is 1.21 bits per heavy atom. The third-order valence-electron chi connectivity index (χ3n) is 6.16.